The highest BCUT2D eigenvalue weighted by molar-refractivity contribution is 7.92. The first-order valence-electron chi connectivity index (χ1n) is 12.4. The smallest absolute Gasteiger partial charge is 0.264 e. The molecule has 0 radical (unpaired) electrons. The second-order valence-corrected chi connectivity index (χ2v) is 11.8. The van der Waals surface area contributed by atoms with Gasteiger partial charge in [-0.25, -0.2) is 8.42 Å². The first-order valence-corrected chi connectivity index (χ1v) is 14.2. The lowest BCUT2D eigenvalue weighted by Crippen LogP contribution is -2.52. The van der Waals surface area contributed by atoms with Crippen LogP contribution in [0.2, 0.25) is 5.02 Å². The fourth-order valence-electron chi connectivity index (χ4n) is 3.99. The lowest BCUT2D eigenvalue weighted by Gasteiger charge is -2.33. The van der Waals surface area contributed by atoms with Crippen molar-refractivity contribution in [2.24, 2.45) is 0 Å². The number of sulfonamides is 1. The highest BCUT2D eigenvalue weighted by Crippen LogP contribution is 2.28. The Hall–Kier alpha value is -3.36. The molecule has 3 aromatic carbocycles. The molecule has 7 nitrogen and oxygen atoms in total. The minimum Gasteiger partial charge on any atom is -0.352 e. The summed E-state index contributed by atoms with van der Waals surface area (Å²) in [6, 6.07) is 19.5. The summed E-state index contributed by atoms with van der Waals surface area (Å²) in [5.41, 5.74) is 2.64. The van der Waals surface area contributed by atoms with E-state index in [2.05, 4.69) is 5.32 Å². The number of aryl methyl sites for hydroxylation is 2. The topological polar surface area (TPSA) is 86.8 Å². The average Bonchev–Trinajstić information content (AvgIpc) is 2.86. The number of hydrogen-bond acceptors (Lipinski definition) is 4. The van der Waals surface area contributed by atoms with E-state index in [1.54, 1.807) is 74.5 Å². The molecule has 0 aliphatic rings. The number of rotatable bonds is 10. The molecule has 0 aliphatic carbocycles. The van der Waals surface area contributed by atoms with Crippen molar-refractivity contribution in [1.29, 1.82) is 0 Å². The van der Waals surface area contributed by atoms with Crippen LogP contribution in [0.15, 0.2) is 77.7 Å². The van der Waals surface area contributed by atoms with E-state index < -0.39 is 28.5 Å². The van der Waals surface area contributed by atoms with Gasteiger partial charge in [0.05, 0.1) is 10.6 Å². The van der Waals surface area contributed by atoms with Crippen molar-refractivity contribution in [3.8, 4) is 0 Å². The molecule has 0 saturated heterocycles. The summed E-state index contributed by atoms with van der Waals surface area (Å²) >= 11 is 6.38. The summed E-state index contributed by atoms with van der Waals surface area (Å²) in [6.07, 6.45) is 0. The Kier molecular flexibility index (Phi) is 9.57. The Morgan fingerprint density at radius 2 is 1.50 bits per heavy atom. The summed E-state index contributed by atoms with van der Waals surface area (Å²) in [5, 5.41) is 3.28. The fourth-order valence-corrected chi connectivity index (χ4v) is 5.67. The molecule has 9 heteroatoms. The maximum atomic E-state index is 13.9. The summed E-state index contributed by atoms with van der Waals surface area (Å²) in [6.45, 7) is 8.49. The predicted octanol–water partition coefficient (Wildman–Crippen LogP) is 5.09. The molecule has 0 fully saturated rings. The molecule has 0 spiro atoms. The molecule has 0 bridgehead atoms. The zero-order valence-corrected chi connectivity index (χ0v) is 23.9. The highest BCUT2D eigenvalue weighted by Gasteiger charge is 2.33. The van der Waals surface area contributed by atoms with Gasteiger partial charge in [-0.2, -0.15) is 0 Å². The number of para-hydroxylation sites is 1. The van der Waals surface area contributed by atoms with Gasteiger partial charge in [0.2, 0.25) is 11.8 Å². The van der Waals surface area contributed by atoms with Crippen molar-refractivity contribution in [2.75, 3.05) is 10.8 Å². The number of halogens is 1. The largest absolute Gasteiger partial charge is 0.352 e. The lowest BCUT2D eigenvalue weighted by atomic mass is 10.1. The van der Waals surface area contributed by atoms with Gasteiger partial charge in [-0.3, -0.25) is 13.9 Å². The van der Waals surface area contributed by atoms with E-state index in [0.717, 1.165) is 9.87 Å². The summed E-state index contributed by atoms with van der Waals surface area (Å²) in [5.74, 6) is -0.875. The molecule has 0 heterocycles. The van der Waals surface area contributed by atoms with Crippen LogP contribution in [0.25, 0.3) is 0 Å². The van der Waals surface area contributed by atoms with Crippen LogP contribution in [0.5, 0.6) is 0 Å². The van der Waals surface area contributed by atoms with E-state index in [4.69, 9.17) is 11.6 Å². The standard InChI is InChI=1S/C29H34ClN3O4S/c1-20(2)31-29(35)23(5)32(18-24-11-7-8-12-26(24)30)28(34)19-33(27-13-9-6-10-22(27)4)38(36,37)25-16-14-21(3)15-17-25/h6-17,20,23H,18-19H2,1-5H3,(H,31,35). The van der Waals surface area contributed by atoms with E-state index in [0.29, 0.717) is 21.8 Å². The maximum absolute atomic E-state index is 13.9. The second kappa shape index (κ2) is 12.5. The fraction of sp³-hybridized carbons (Fsp3) is 0.310. The molecule has 1 atom stereocenters. The first kappa shape index (κ1) is 29.2. The third kappa shape index (κ3) is 6.94. The van der Waals surface area contributed by atoms with Crippen LogP contribution in [0.1, 0.15) is 37.5 Å². The molecule has 38 heavy (non-hydrogen) atoms. The van der Waals surface area contributed by atoms with Crippen LogP contribution in [-0.2, 0) is 26.2 Å². The molecular weight excluding hydrogens is 522 g/mol. The Morgan fingerprint density at radius 1 is 0.895 bits per heavy atom. The van der Waals surface area contributed by atoms with Crippen LogP contribution in [-0.4, -0.2) is 43.8 Å². The number of carbonyl (C=O) groups is 2. The van der Waals surface area contributed by atoms with Gasteiger partial charge in [0.15, 0.2) is 0 Å². The van der Waals surface area contributed by atoms with E-state index in [-0.39, 0.29) is 23.4 Å². The minimum absolute atomic E-state index is 0.0391. The van der Waals surface area contributed by atoms with E-state index >= 15 is 0 Å². The summed E-state index contributed by atoms with van der Waals surface area (Å²) < 4.78 is 28.9. The SMILES string of the molecule is Cc1ccc(S(=O)(=O)N(CC(=O)N(Cc2ccccc2Cl)C(C)C(=O)NC(C)C)c2ccccc2C)cc1. The molecule has 0 aromatic heterocycles. The number of benzene rings is 3. The predicted molar refractivity (Wildman–Crippen MR) is 152 cm³/mol. The number of nitrogens with one attached hydrogen (secondary N) is 1. The third-order valence-electron chi connectivity index (χ3n) is 6.17. The second-order valence-electron chi connectivity index (χ2n) is 9.56. The number of anilines is 1. The average molecular weight is 556 g/mol. The Balaban J connectivity index is 2.06. The molecule has 2 amide bonds. The maximum Gasteiger partial charge on any atom is 0.264 e. The van der Waals surface area contributed by atoms with Crippen LogP contribution in [0.4, 0.5) is 5.69 Å². The molecule has 3 rings (SSSR count). The van der Waals surface area contributed by atoms with Gasteiger partial charge in [0, 0.05) is 17.6 Å². The molecule has 0 aliphatic heterocycles. The van der Waals surface area contributed by atoms with E-state index in [1.807, 2.05) is 20.8 Å². The van der Waals surface area contributed by atoms with Crippen molar-refractivity contribution in [2.45, 2.75) is 58.1 Å². The molecule has 1 unspecified atom stereocenters. The minimum atomic E-state index is -4.11. The highest BCUT2D eigenvalue weighted by atomic mass is 35.5. The van der Waals surface area contributed by atoms with Gasteiger partial charge in [-0.1, -0.05) is 65.7 Å². The molecule has 1 N–H and O–H groups in total. The van der Waals surface area contributed by atoms with Crippen molar-refractivity contribution < 1.29 is 18.0 Å². The Bertz CT molecular complexity index is 1390. The molecule has 3 aromatic rings. The number of amides is 2. The molecular formula is C29H34ClN3O4S. The zero-order chi connectivity index (χ0) is 28.0. The van der Waals surface area contributed by atoms with E-state index in [9.17, 15) is 18.0 Å². The zero-order valence-electron chi connectivity index (χ0n) is 22.3. The molecule has 0 saturated carbocycles. The Labute approximate surface area is 230 Å². The Morgan fingerprint density at radius 3 is 2.11 bits per heavy atom. The van der Waals surface area contributed by atoms with Crippen LogP contribution < -0.4 is 9.62 Å². The van der Waals surface area contributed by atoms with Gasteiger partial charge in [0.25, 0.3) is 10.0 Å². The van der Waals surface area contributed by atoms with Crippen molar-refractivity contribution in [3.63, 3.8) is 0 Å². The van der Waals surface area contributed by atoms with Gasteiger partial charge in [-0.05, 0) is 70.0 Å². The monoisotopic (exact) mass is 555 g/mol. The van der Waals surface area contributed by atoms with Crippen LogP contribution >= 0.6 is 11.6 Å². The van der Waals surface area contributed by atoms with E-state index in [1.165, 1.54) is 17.0 Å². The van der Waals surface area contributed by atoms with Crippen molar-refractivity contribution in [3.05, 3.63) is 94.5 Å². The van der Waals surface area contributed by atoms with Crippen LogP contribution in [0, 0.1) is 13.8 Å². The quantitative estimate of drug-likeness (QED) is 0.377. The van der Waals surface area contributed by atoms with Gasteiger partial charge >= 0.3 is 0 Å². The van der Waals surface area contributed by atoms with Gasteiger partial charge in [0.1, 0.15) is 12.6 Å². The summed E-state index contributed by atoms with van der Waals surface area (Å²) in [7, 11) is -4.11. The number of carbonyl (C=O) groups excluding carboxylic acids is 2. The molecule has 202 valence electrons. The van der Waals surface area contributed by atoms with Crippen molar-refractivity contribution in [1.82, 2.24) is 10.2 Å². The normalized spacial score (nSPS) is 12.2. The van der Waals surface area contributed by atoms with Gasteiger partial charge < -0.3 is 10.2 Å². The third-order valence-corrected chi connectivity index (χ3v) is 8.31. The number of hydrogen-bond donors (Lipinski definition) is 1. The summed E-state index contributed by atoms with van der Waals surface area (Å²) in [4.78, 5) is 28.3. The van der Waals surface area contributed by atoms with Gasteiger partial charge in [-0.15, -0.1) is 0 Å². The first-order chi connectivity index (χ1) is 17.9. The number of nitrogens with zero attached hydrogens (tertiary/aromatic N) is 2. The lowest BCUT2D eigenvalue weighted by molar-refractivity contribution is -0.139. The van der Waals surface area contributed by atoms with Crippen LogP contribution in [0.3, 0.4) is 0 Å². The van der Waals surface area contributed by atoms with Crippen molar-refractivity contribution >= 4 is 39.1 Å².